The summed E-state index contributed by atoms with van der Waals surface area (Å²) in [4.78, 5) is 19.9. The van der Waals surface area contributed by atoms with Crippen LogP contribution < -0.4 is 4.74 Å². The highest BCUT2D eigenvalue weighted by Crippen LogP contribution is 2.69. The summed E-state index contributed by atoms with van der Waals surface area (Å²) in [6, 6.07) is 45.1. The van der Waals surface area contributed by atoms with Crippen LogP contribution in [0.25, 0.3) is 67.7 Å². The Morgan fingerprint density at radius 2 is 0.983 bits per heavy atom. The third-order valence-corrected chi connectivity index (χ3v) is 14.7. The van der Waals surface area contributed by atoms with Gasteiger partial charge in [0.25, 0.3) is 0 Å². The Morgan fingerprint density at radius 3 is 1.48 bits per heavy atom. The summed E-state index contributed by atoms with van der Waals surface area (Å²) in [5, 5.41) is 9.66. The Labute approximate surface area is 353 Å². The lowest BCUT2D eigenvalue weighted by atomic mass is 9.38. The van der Waals surface area contributed by atoms with Crippen LogP contribution in [0, 0.1) is 23.7 Å². The third kappa shape index (κ3) is 6.26. The molecule has 0 spiro atoms. The number of hydrogen-bond acceptors (Lipinski definition) is 6. The summed E-state index contributed by atoms with van der Waals surface area (Å²) >= 11 is 0. The van der Waals surface area contributed by atoms with Crippen LogP contribution in [0.2, 0.25) is 0 Å². The summed E-state index contributed by atoms with van der Waals surface area (Å²) in [6.45, 7) is 9.99. The standard InChI is InChI=1S/C54H52N4O2/c1-33-27-53-28-34(2)36(4)30-54(53,29-35(33)3)48-26-42(18-23-46(48)45-22-17-41(25-47(45)53)38-9-7-6-8-10-38)49-24-19-43(31-55-49)52-57-50(39-13-11-37(32-59)12-14-39)56-51(58-52)40-15-20-44(60-5)21-16-40/h6-26,31,33-36,59H,27-30,32H2,1-5H3. The molecule has 3 aliphatic rings. The van der Waals surface area contributed by atoms with Crippen molar-refractivity contribution in [3.63, 3.8) is 0 Å². The lowest BCUT2D eigenvalue weighted by Crippen LogP contribution is -2.61. The van der Waals surface area contributed by atoms with E-state index >= 15 is 0 Å². The van der Waals surface area contributed by atoms with Crippen LogP contribution in [-0.2, 0) is 17.4 Å². The molecule has 2 heterocycles. The van der Waals surface area contributed by atoms with Gasteiger partial charge in [0.15, 0.2) is 17.5 Å². The van der Waals surface area contributed by atoms with Gasteiger partial charge in [-0.05, 0) is 137 Å². The van der Waals surface area contributed by atoms with Crippen molar-refractivity contribution in [2.45, 2.75) is 70.8 Å². The molecule has 6 heteroatoms. The van der Waals surface area contributed by atoms with E-state index in [0.717, 1.165) is 39.3 Å². The number of fused-ring (bicyclic) bond motifs is 3. The van der Waals surface area contributed by atoms with Crippen LogP contribution in [0.3, 0.4) is 0 Å². The average molecular weight is 789 g/mol. The van der Waals surface area contributed by atoms with E-state index in [1.54, 1.807) is 12.7 Å². The second kappa shape index (κ2) is 14.9. The highest BCUT2D eigenvalue weighted by atomic mass is 16.5. The number of nitrogens with zero attached hydrogens (tertiary/aromatic N) is 4. The fourth-order valence-corrected chi connectivity index (χ4v) is 11.2. The monoisotopic (exact) mass is 788 g/mol. The van der Waals surface area contributed by atoms with Crippen molar-refractivity contribution >= 4 is 0 Å². The van der Waals surface area contributed by atoms with Crippen molar-refractivity contribution in [3.8, 4) is 73.4 Å². The van der Waals surface area contributed by atoms with Crippen LogP contribution in [0.1, 0.15) is 70.1 Å². The van der Waals surface area contributed by atoms with Gasteiger partial charge >= 0.3 is 0 Å². The largest absolute Gasteiger partial charge is 0.497 e. The lowest BCUT2D eigenvalue weighted by molar-refractivity contribution is -0.0177. The van der Waals surface area contributed by atoms with E-state index in [4.69, 9.17) is 24.7 Å². The SMILES string of the molecule is COc1ccc(-c2nc(-c3ccc(CO)cc3)nc(-c3ccc(-c4ccc5c(c4)C46CC(C)C(C)CC4(CC(C)C(C)C6)c4cc(-c6ccccc6)ccc4-5)nc3)n2)cc1. The molecular weight excluding hydrogens is 737 g/mol. The smallest absolute Gasteiger partial charge is 0.165 e. The van der Waals surface area contributed by atoms with Crippen molar-refractivity contribution in [2.24, 2.45) is 23.7 Å². The number of benzene rings is 5. The fourth-order valence-electron chi connectivity index (χ4n) is 11.2. The number of ether oxygens (including phenoxy) is 1. The van der Waals surface area contributed by atoms with Gasteiger partial charge in [-0.15, -0.1) is 0 Å². The van der Waals surface area contributed by atoms with Crippen molar-refractivity contribution in [1.82, 2.24) is 19.9 Å². The number of rotatable bonds is 7. The number of hydrogen-bond donors (Lipinski definition) is 1. The van der Waals surface area contributed by atoms with E-state index in [9.17, 15) is 5.11 Å². The molecular formula is C54H52N4O2. The molecule has 2 aromatic heterocycles. The van der Waals surface area contributed by atoms with Crippen LogP contribution in [0.5, 0.6) is 5.75 Å². The van der Waals surface area contributed by atoms with Gasteiger partial charge in [0.1, 0.15) is 5.75 Å². The molecule has 6 nitrogen and oxygen atoms in total. The van der Waals surface area contributed by atoms with E-state index in [0.29, 0.717) is 41.1 Å². The van der Waals surface area contributed by atoms with E-state index < -0.39 is 0 Å². The lowest BCUT2D eigenvalue weighted by Gasteiger charge is -2.65. The molecule has 4 unspecified atom stereocenters. The summed E-state index contributed by atoms with van der Waals surface area (Å²) in [5.74, 6) is 4.99. The molecule has 10 rings (SSSR count). The summed E-state index contributed by atoms with van der Waals surface area (Å²) < 4.78 is 5.41. The van der Waals surface area contributed by atoms with Crippen molar-refractivity contribution < 1.29 is 9.84 Å². The fraction of sp³-hybridized carbons (Fsp3) is 0.296. The number of methoxy groups -OCH3 is 1. The van der Waals surface area contributed by atoms with Gasteiger partial charge in [-0.25, -0.2) is 15.0 Å². The highest BCUT2D eigenvalue weighted by Gasteiger charge is 2.63. The molecule has 0 bridgehead atoms. The summed E-state index contributed by atoms with van der Waals surface area (Å²) in [5.41, 5.74) is 14.0. The van der Waals surface area contributed by atoms with Crippen LogP contribution in [0.4, 0.5) is 0 Å². The molecule has 5 aromatic carbocycles. The molecule has 2 saturated carbocycles. The maximum Gasteiger partial charge on any atom is 0.165 e. The first-order chi connectivity index (χ1) is 29.2. The Hall–Kier alpha value is -5.98. The maximum atomic E-state index is 9.66. The van der Waals surface area contributed by atoms with Gasteiger partial charge in [0.2, 0.25) is 0 Å². The molecule has 2 fully saturated rings. The average Bonchev–Trinajstić information content (AvgIpc) is 3.30. The first-order valence-electron chi connectivity index (χ1n) is 21.6. The first kappa shape index (κ1) is 38.2. The van der Waals surface area contributed by atoms with Gasteiger partial charge in [-0.3, -0.25) is 4.98 Å². The predicted molar refractivity (Wildman–Crippen MR) is 241 cm³/mol. The normalized spacial score (nSPS) is 24.1. The number of aliphatic hydroxyl groups is 1. The molecule has 300 valence electrons. The van der Waals surface area contributed by atoms with Crippen molar-refractivity contribution in [1.29, 1.82) is 0 Å². The molecule has 0 saturated heterocycles. The highest BCUT2D eigenvalue weighted by molar-refractivity contribution is 5.84. The van der Waals surface area contributed by atoms with E-state index in [1.165, 1.54) is 53.5 Å². The second-order valence-electron chi connectivity index (χ2n) is 18.1. The molecule has 1 N–H and O–H groups in total. The minimum Gasteiger partial charge on any atom is -0.497 e. The molecule has 0 amide bonds. The van der Waals surface area contributed by atoms with Crippen molar-refractivity contribution in [3.05, 3.63) is 150 Å². The number of pyridine rings is 1. The second-order valence-corrected chi connectivity index (χ2v) is 18.1. The molecule has 0 aliphatic heterocycles. The Balaban J connectivity index is 1.08. The number of aliphatic hydroxyl groups excluding tert-OH is 1. The van der Waals surface area contributed by atoms with Gasteiger partial charge < -0.3 is 9.84 Å². The van der Waals surface area contributed by atoms with Crippen LogP contribution in [-0.4, -0.2) is 32.2 Å². The summed E-state index contributed by atoms with van der Waals surface area (Å²) in [6.07, 6.45) is 6.72. The Bertz CT molecular complexity index is 2610. The predicted octanol–water partition coefficient (Wildman–Crippen LogP) is 12.4. The van der Waals surface area contributed by atoms with Gasteiger partial charge in [0.05, 0.1) is 19.4 Å². The zero-order valence-corrected chi connectivity index (χ0v) is 35.2. The minimum absolute atomic E-state index is 0.0243. The number of aromatic nitrogens is 4. The van der Waals surface area contributed by atoms with Gasteiger partial charge in [-0.2, -0.15) is 0 Å². The Morgan fingerprint density at radius 1 is 0.517 bits per heavy atom. The summed E-state index contributed by atoms with van der Waals surface area (Å²) in [7, 11) is 1.66. The van der Waals surface area contributed by atoms with Crippen LogP contribution in [0.15, 0.2) is 134 Å². The zero-order chi connectivity index (χ0) is 41.2. The van der Waals surface area contributed by atoms with E-state index in [2.05, 4.69) is 107 Å². The molecule has 4 atom stereocenters. The first-order valence-corrected chi connectivity index (χ1v) is 21.6. The molecule has 0 radical (unpaired) electrons. The molecule has 60 heavy (non-hydrogen) atoms. The molecule has 3 aliphatic carbocycles. The van der Waals surface area contributed by atoms with Gasteiger partial charge in [0, 0.05) is 39.3 Å². The topological polar surface area (TPSA) is 81.0 Å². The zero-order valence-electron chi connectivity index (χ0n) is 35.2. The maximum absolute atomic E-state index is 9.66. The Kier molecular flexibility index (Phi) is 9.52. The quantitative estimate of drug-likeness (QED) is 0.173. The van der Waals surface area contributed by atoms with E-state index in [1.807, 2.05) is 54.7 Å². The van der Waals surface area contributed by atoms with Gasteiger partial charge in [-0.1, -0.05) is 107 Å². The van der Waals surface area contributed by atoms with Crippen LogP contribution >= 0.6 is 0 Å². The van der Waals surface area contributed by atoms with Crippen molar-refractivity contribution in [2.75, 3.05) is 7.11 Å². The minimum atomic E-state index is -0.0243. The van der Waals surface area contributed by atoms with E-state index in [-0.39, 0.29) is 17.4 Å². The molecule has 7 aromatic rings. The third-order valence-electron chi connectivity index (χ3n) is 14.7.